The average molecular weight is 366 g/mol. The third-order valence-corrected chi connectivity index (χ3v) is 6.49. The van der Waals surface area contributed by atoms with Gasteiger partial charge in [-0.15, -0.1) is 0 Å². The van der Waals surface area contributed by atoms with Gasteiger partial charge in [-0.2, -0.15) is 0 Å². The van der Waals surface area contributed by atoms with Gasteiger partial charge in [-0.25, -0.2) is 13.1 Å². The van der Waals surface area contributed by atoms with Gasteiger partial charge in [0.25, 0.3) is 0 Å². The number of rotatable bonds is 6. The van der Waals surface area contributed by atoms with Crippen LogP contribution in [0.5, 0.6) is 0 Å². The Morgan fingerprint density at radius 3 is 2.32 bits per heavy atom. The molecular formula is C18H26N2O4S. The average Bonchev–Trinajstić information content (AvgIpc) is 2.55. The van der Waals surface area contributed by atoms with Gasteiger partial charge in [-0.3, -0.25) is 9.59 Å². The third-order valence-electron chi connectivity index (χ3n) is 4.59. The largest absolute Gasteiger partial charge is 0.326 e. The number of Topliss-reactive ketones (excluding diaryl/α,β-unsaturated/α-hetero) is 1. The number of carbonyl (C=O) groups excluding carboxylic acids is 2. The number of amides is 1. The molecule has 138 valence electrons. The van der Waals surface area contributed by atoms with Crippen LogP contribution in [0.25, 0.3) is 0 Å². The molecule has 1 amide bonds. The minimum atomic E-state index is -3.28. The standard InChI is InChI=1S/C18H26N2O4S/c1-12(2)25(23,24)20-16-9-7-14(8-10-16)18(22)19-17-6-4-5-15(11-17)13(3)21/h4-6,11-12,14,16,20H,7-10H2,1-3H3,(H,19,22). The van der Waals surface area contributed by atoms with E-state index in [1.807, 2.05) is 0 Å². The van der Waals surface area contributed by atoms with Crippen molar-refractivity contribution in [2.24, 2.45) is 5.92 Å². The van der Waals surface area contributed by atoms with E-state index in [0.717, 1.165) is 0 Å². The third kappa shape index (κ3) is 5.37. The molecule has 1 fully saturated rings. The second-order valence-electron chi connectivity index (χ2n) is 6.89. The molecule has 1 aromatic carbocycles. The molecule has 1 saturated carbocycles. The number of benzene rings is 1. The van der Waals surface area contributed by atoms with Crippen molar-refractivity contribution in [2.75, 3.05) is 5.32 Å². The van der Waals surface area contributed by atoms with Gasteiger partial charge in [-0.1, -0.05) is 12.1 Å². The minimum Gasteiger partial charge on any atom is -0.326 e. The van der Waals surface area contributed by atoms with Crippen molar-refractivity contribution < 1.29 is 18.0 Å². The van der Waals surface area contributed by atoms with Crippen LogP contribution >= 0.6 is 0 Å². The number of anilines is 1. The number of carbonyl (C=O) groups is 2. The molecule has 2 rings (SSSR count). The van der Waals surface area contributed by atoms with Crippen LogP contribution in [0.1, 0.15) is 56.8 Å². The van der Waals surface area contributed by atoms with E-state index < -0.39 is 15.3 Å². The molecule has 0 bridgehead atoms. The molecule has 0 spiro atoms. The fourth-order valence-electron chi connectivity index (χ4n) is 2.90. The minimum absolute atomic E-state index is 0.0472. The van der Waals surface area contributed by atoms with Crippen molar-refractivity contribution in [3.8, 4) is 0 Å². The Labute approximate surface area is 149 Å². The molecular weight excluding hydrogens is 340 g/mol. The molecule has 0 radical (unpaired) electrons. The highest BCUT2D eigenvalue weighted by molar-refractivity contribution is 7.90. The van der Waals surface area contributed by atoms with E-state index in [0.29, 0.717) is 36.9 Å². The fraction of sp³-hybridized carbons (Fsp3) is 0.556. The van der Waals surface area contributed by atoms with E-state index in [9.17, 15) is 18.0 Å². The number of nitrogens with one attached hydrogen (secondary N) is 2. The van der Waals surface area contributed by atoms with E-state index in [-0.39, 0.29) is 23.7 Å². The topological polar surface area (TPSA) is 92.3 Å². The zero-order valence-corrected chi connectivity index (χ0v) is 15.7. The first-order valence-corrected chi connectivity index (χ1v) is 10.2. The van der Waals surface area contributed by atoms with Crippen molar-refractivity contribution in [2.45, 2.75) is 57.7 Å². The maximum atomic E-state index is 12.4. The summed E-state index contributed by atoms with van der Waals surface area (Å²) in [4.78, 5) is 23.8. The molecule has 2 N–H and O–H groups in total. The van der Waals surface area contributed by atoms with E-state index in [1.54, 1.807) is 38.1 Å². The van der Waals surface area contributed by atoms with Crippen LogP contribution < -0.4 is 10.0 Å². The van der Waals surface area contributed by atoms with Gasteiger partial charge in [-0.05, 0) is 58.6 Å². The van der Waals surface area contributed by atoms with Gasteiger partial charge in [0.05, 0.1) is 5.25 Å². The van der Waals surface area contributed by atoms with Gasteiger partial charge in [0, 0.05) is 23.2 Å². The molecule has 0 saturated heterocycles. The fourth-order valence-corrected chi connectivity index (χ4v) is 3.87. The Hall–Kier alpha value is -1.73. The molecule has 1 aromatic rings. The van der Waals surface area contributed by atoms with Crippen LogP contribution in [0.3, 0.4) is 0 Å². The van der Waals surface area contributed by atoms with E-state index >= 15 is 0 Å². The molecule has 7 heteroatoms. The van der Waals surface area contributed by atoms with Gasteiger partial charge >= 0.3 is 0 Å². The van der Waals surface area contributed by atoms with E-state index in [2.05, 4.69) is 10.0 Å². The second kappa shape index (κ2) is 8.10. The zero-order valence-electron chi connectivity index (χ0n) is 14.9. The predicted molar refractivity (Wildman–Crippen MR) is 98.0 cm³/mol. The highest BCUT2D eigenvalue weighted by atomic mass is 32.2. The first kappa shape index (κ1) is 19.6. The highest BCUT2D eigenvalue weighted by Gasteiger charge is 2.29. The zero-order chi connectivity index (χ0) is 18.6. The SMILES string of the molecule is CC(=O)c1cccc(NC(=O)C2CCC(NS(=O)(=O)C(C)C)CC2)c1. The first-order valence-electron chi connectivity index (χ1n) is 8.62. The van der Waals surface area contributed by atoms with Crippen LogP contribution in [0, 0.1) is 5.92 Å². The lowest BCUT2D eigenvalue weighted by Gasteiger charge is -2.28. The number of hydrogen-bond donors (Lipinski definition) is 2. The van der Waals surface area contributed by atoms with Crippen molar-refractivity contribution in [3.63, 3.8) is 0 Å². The summed E-state index contributed by atoms with van der Waals surface area (Å²) in [6, 6.07) is 6.78. The van der Waals surface area contributed by atoms with Crippen LogP contribution in [-0.4, -0.2) is 31.4 Å². The predicted octanol–water partition coefficient (Wildman–Crippen LogP) is 2.71. The smallest absolute Gasteiger partial charge is 0.227 e. The Kier molecular flexibility index (Phi) is 6.35. The first-order chi connectivity index (χ1) is 11.7. The Morgan fingerprint density at radius 1 is 1.12 bits per heavy atom. The number of ketones is 1. The summed E-state index contributed by atoms with van der Waals surface area (Å²) in [5.74, 6) is -0.263. The molecule has 6 nitrogen and oxygen atoms in total. The summed E-state index contributed by atoms with van der Waals surface area (Å²) < 4.78 is 26.6. The quantitative estimate of drug-likeness (QED) is 0.757. The van der Waals surface area contributed by atoms with Crippen LogP contribution in [0.4, 0.5) is 5.69 Å². The molecule has 0 aliphatic heterocycles. The lowest BCUT2D eigenvalue weighted by molar-refractivity contribution is -0.120. The lowest BCUT2D eigenvalue weighted by atomic mass is 9.86. The van der Waals surface area contributed by atoms with Gasteiger partial charge in [0.2, 0.25) is 15.9 Å². The van der Waals surface area contributed by atoms with Gasteiger partial charge < -0.3 is 5.32 Å². The highest BCUT2D eigenvalue weighted by Crippen LogP contribution is 2.26. The van der Waals surface area contributed by atoms with Crippen LogP contribution in [0.2, 0.25) is 0 Å². The molecule has 0 heterocycles. The Balaban J connectivity index is 1.89. The maximum absolute atomic E-state index is 12.4. The summed E-state index contributed by atoms with van der Waals surface area (Å²) in [6.07, 6.45) is 2.59. The van der Waals surface area contributed by atoms with Crippen molar-refractivity contribution >= 4 is 27.4 Å². The molecule has 0 atom stereocenters. The monoisotopic (exact) mass is 366 g/mol. The Morgan fingerprint density at radius 2 is 1.76 bits per heavy atom. The summed E-state index contributed by atoms with van der Waals surface area (Å²) in [5.41, 5.74) is 1.17. The van der Waals surface area contributed by atoms with Gasteiger partial charge in [0.1, 0.15) is 0 Å². The molecule has 1 aliphatic rings. The Bertz CT molecular complexity index is 735. The lowest BCUT2D eigenvalue weighted by Crippen LogP contribution is -2.42. The molecule has 0 aromatic heterocycles. The summed E-state index contributed by atoms with van der Waals surface area (Å²) in [7, 11) is -3.28. The van der Waals surface area contributed by atoms with Crippen molar-refractivity contribution in [1.29, 1.82) is 0 Å². The molecule has 1 aliphatic carbocycles. The van der Waals surface area contributed by atoms with E-state index in [4.69, 9.17) is 0 Å². The van der Waals surface area contributed by atoms with Gasteiger partial charge in [0.15, 0.2) is 5.78 Å². The second-order valence-corrected chi connectivity index (χ2v) is 9.15. The van der Waals surface area contributed by atoms with Crippen LogP contribution in [-0.2, 0) is 14.8 Å². The van der Waals surface area contributed by atoms with Crippen molar-refractivity contribution in [1.82, 2.24) is 4.72 Å². The molecule has 25 heavy (non-hydrogen) atoms. The normalized spacial score (nSPS) is 21.1. The summed E-state index contributed by atoms with van der Waals surface area (Å²) in [6.45, 7) is 4.79. The van der Waals surface area contributed by atoms with Crippen LogP contribution in [0.15, 0.2) is 24.3 Å². The molecule has 0 unspecified atom stereocenters. The van der Waals surface area contributed by atoms with Crippen molar-refractivity contribution in [3.05, 3.63) is 29.8 Å². The summed E-state index contributed by atoms with van der Waals surface area (Å²) >= 11 is 0. The number of hydrogen-bond acceptors (Lipinski definition) is 4. The summed E-state index contributed by atoms with van der Waals surface area (Å²) in [5, 5.41) is 2.40. The number of sulfonamides is 1. The van der Waals surface area contributed by atoms with E-state index in [1.165, 1.54) is 6.92 Å². The maximum Gasteiger partial charge on any atom is 0.227 e.